The lowest BCUT2D eigenvalue weighted by Crippen LogP contribution is -2.19. The van der Waals surface area contributed by atoms with Crippen LogP contribution in [0, 0.1) is 0 Å². The van der Waals surface area contributed by atoms with Gasteiger partial charge in [0.2, 0.25) is 0 Å². The van der Waals surface area contributed by atoms with Crippen LogP contribution in [0.15, 0.2) is 0 Å². The van der Waals surface area contributed by atoms with Crippen molar-refractivity contribution in [2.45, 2.75) is 25.7 Å². The zero-order valence-electron chi connectivity index (χ0n) is 7.52. The summed E-state index contributed by atoms with van der Waals surface area (Å²) in [4.78, 5) is 0. The molecule has 0 aliphatic carbocycles. The molecule has 9 heavy (non-hydrogen) atoms. The Morgan fingerprint density at radius 2 is 2.11 bits per heavy atom. The van der Waals surface area contributed by atoms with Gasteiger partial charge in [-0.2, -0.15) is 12.6 Å². The van der Waals surface area contributed by atoms with E-state index in [0.717, 1.165) is 11.7 Å². The van der Waals surface area contributed by atoms with Gasteiger partial charge in [-0.25, -0.2) is 0 Å². The van der Waals surface area contributed by atoms with Crippen LogP contribution in [-0.4, -0.2) is 21.0 Å². The molecule has 0 N–H and O–H groups in total. The third kappa shape index (κ3) is 9.00. The van der Waals surface area contributed by atoms with Gasteiger partial charge in [-0.15, -0.1) is 8.53 Å². The van der Waals surface area contributed by atoms with E-state index in [4.69, 9.17) is 1.28 Å². The zero-order valence-corrected chi connectivity index (χ0v) is 9.30. The van der Waals surface area contributed by atoms with E-state index >= 15 is 0 Å². The van der Waals surface area contributed by atoms with Gasteiger partial charge in [-0.1, -0.05) is 25.7 Å². The van der Waals surface area contributed by atoms with Gasteiger partial charge >= 0.3 is 0 Å². The van der Waals surface area contributed by atoms with Crippen molar-refractivity contribution in [1.29, 1.82) is 1.28 Å². The fourth-order valence-electron chi connectivity index (χ4n) is 0.485. The van der Waals surface area contributed by atoms with Gasteiger partial charge in [0.15, 0.2) is 0 Å². The second-order valence-corrected chi connectivity index (χ2v) is 11.0. The lowest BCUT2D eigenvalue weighted by atomic mass is 10.9. The molecule has 0 aromatic rings. The van der Waals surface area contributed by atoms with Crippen molar-refractivity contribution in [1.82, 2.24) is 0 Å². The molecule has 0 saturated carbocycles. The summed E-state index contributed by atoms with van der Waals surface area (Å²) in [6.45, 7) is 7.07. The van der Waals surface area contributed by atoms with Gasteiger partial charge in [-0.3, -0.25) is 0 Å². The maximum Gasteiger partial charge on any atom is 0.0588 e. The molecule has 0 nitrogen and oxygen atoms in total. The maximum atomic E-state index is 7.51. The molecule has 0 bridgehead atoms. The van der Waals surface area contributed by atoms with E-state index in [1.807, 2.05) is 0 Å². The van der Waals surface area contributed by atoms with Crippen LogP contribution in [0.3, 0.4) is 0 Å². The summed E-state index contributed by atoms with van der Waals surface area (Å²) in [6.07, 6.45) is 1.11. The first-order valence-electron chi connectivity index (χ1n) is 3.75. The molecule has 0 spiro atoms. The highest BCUT2D eigenvalue weighted by molar-refractivity contribution is 7.86. The van der Waals surface area contributed by atoms with Crippen molar-refractivity contribution < 1.29 is 0 Å². The summed E-state index contributed by atoms with van der Waals surface area (Å²) < 4.78 is 7.51. The van der Waals surface area contributed by atoms with Gasteiger partial charge in [0.05, 0.1) is 1.28 Å². The van der Waals surface area contributed by atoms with Gasteiger partial charge in [0, 0.05) is 13.6 Å². The van der Waals surface area contributed by atoms with Crippen molar-refractivity contribution in [3.05, 3.63) is 0 Å². The van der Waals surface area contributed by atoms with Crippen LogP contribution in [0.2, 0.25) is 25.7 Å². The van der Waals surface area contributed by atoms with E-state index in [9.17, 15) is 0 Å². The minimum atomic E-state index is -0.874. The number of thiol groups is 1. The molecule has 0 fully saturated rings. The van der Waals surface area contributed by atoms with E-state index in [1.165, 1.54) is 6.04 Å². The summed E-state index contributed by atoms with van der Waals surface area (Å²) in [5, 5.41) is 0. The number of rotatable bonds is 4. The molecule has 0 heterocycles. The first kappa shape index (κ1) is 8.10. The number of hydrogen-bond acceptors (Lipinski definition) is 1. The standard InChI is InChI=1S/C6H17PSSi/c1-9(2,3)5-4-7-6-8/h7-8H,4-6H2,1-3H3/i7D. The quantitative estimate of drug-likeness (QED) is 0.385. The Morgan fingerprint density at radius 3 is 2.44 bits per heavy atom. The van der Waals surface area contributed by atoms with Crippen LogP contribution in [0.4, 0.5) is 0 Å². The van der Waals surface area contributed by atoms with Crippen molar-refractivity contribution in [2.75, 3.05) is 11.7 Å². The maximum absolute atomic E-state index is 7.51. The third-order valence-corrected chi connectivity index (χ3v) is 4.63. The van der Waals surface area contributed by atoms with Crippen molar-refractivity contribution in [3.8, 4) is 0 Å². The molecule has 3 heteroatoms. The highest BCUT2D eigenvalue weighted by Gasteiger charge is 2.10. The largest absolute Gasteiger partial charge is 0.175 e. The molecular formula is C6H17PSSi. The molecule has 1 unspecified atom stereocenters. The molecule has 0 amide bonds. The molecule has 56 valence electrons. The van der Waals surface area contributed by atoms with E-state index in [1.54, 1.807) is 0 Å². The second kappa shape index (κ2) is 4.76. The highest BCUT2D eigenvalue weighted by Crippen LogP contribution is 2.18. The normalized spacial score (nSPS) is 17.1. The number of hydrogen-bond donors (Lipinski definition) is 1. The molecule has 0 radical (unpaired) electrons. The Morgan fingerprint density at radius 1 is 1.56 bits per heavy atom. The van der Waals surface area contributed by atoms with Crippen LogP contribution in [0.5, 0.6) is 0 Å². The van der Waals surface area contributed by atoms with Crippen molar-refractivity contribution in [2.24, 2.45) is 0 Å². The third-order valence-electron chi connectivity index (χ3n) is 1.12. The predicted octanol–water partition coefficient (Wildman–Crippen LogP) is 2.89. The van der Waals surface area contributed by atoms with Crippen LogP contribution < -0.4 is 0 Å². The molecule has 0 saturated heterocycles. The summed E-state index contributed by atoms with van der Waals surface area (Å²) in [7, 11) is -1.37. The topological polar surface area (TPSA) is 0 Å². The average Bonchev–Trinajstić information content (AvgIpc) is 1.81. The van der Waals surface area contributed by atoms with Crippen molar-refractivity contribution in [3.63, 3.8) is 0 Å². The summed E-state index contributed by atoms with van der Waals surface area (Å²) >= 11 is 4.10. The minimum absolute atomic E-state index is 0.494. The van der Waals surface area contributed by atoms with Gasteiger partial charge in [0.25, 0.3) is 0 Å². The minimum Gasteiger partial charge on any atom is -0.175 e. The van der Waals surface area contributed by atoms with Gasteiger partial charge in [-0.05, 0) is 6.16 Å². The lowest BCUT2D eigenvalue weighted by molar-refractivity contribution is 1.37. The van der Waals surface area contributed by atoms with Crippen LogP contribution in [0.25, 0.3) is 0 Å². The zero-order chi connectivity index (χ0) is 8.20. The fraction of sp³-hybridized carbons (Fsp3) is 1.00. The van der Waals surface area contributed by atoms with E-state index < -0.39 is 16.6 Å². The molecule has 0 aromatic carbocycles. The van der Waals surface area contributed by atoms with E-state index in [0.29, 0.717) is 0 Å². The second-order valence-electron chi connectivity index (χ2n) is 3.40. The smallest absolute Gasteiger partial charge is 0.0588 e. The fourth-order valence-corrected chi connectivity index (χ4v) is 4.37. The Balaban J connectivity index is 3.36. The monoisotopic (exact) mass is 181 g/mol. The average molecular weight is 181 g/mol. The molecule has 0 aliphatic rings. The molecule has 1 atom stereocenters. The first-order chi connectivity index (χ1) is 4.45. The van der Waals surface area contributed by atoms with E-state index in [-0.39, 0.29) is 0 Å². The van der Waals surface area contributed by atoms with Crippen LogP contribution in [-0.2, 0) is 0 Å². The first-order valence-corrected chi connectivity index (χ1v) is 8.91. The predicted molar refractivity (Wildman–Crippen MR) is 55.2 cm³/mol. The van der Waals surface area contributed by atoms with Gasteiger partial charge < -0.3 is 0 Å². The van der Waals surface area contributed by atoms with Crippen LogP contribution in [0.1, 0.15) is 0 Å². The Kier molecular flexibility index (Phi) is 4.28. The summed E-state index contributed by atoms with van der Waals surface area (Å²) in [5.74, 6) is 0. The van der Waals surface area contributed by atoms with Crippen molar-refractivity contribution >= 4 is 29.2 Å². The Labute approximate surface area is 68.3 Å². The Bertz CT molecular complexity index is 94.2. The SMILES string of the molecule is [2H]P(CS)CC[Si](C)(C)C. The molecule has 0 aliphatic heterocycles. The highest BCUT2D eigenvalue weighted by atomic mass is 32.1. The summed E-state index contributed by atoms with van der Waals surface area (Å²) in [5.41, 5.74) is 0.778. The Hall–Kier alpha value is 0.997. The van der Waals surface area contributed by atoms with E-state index in [2.05, 4.69) is 32.3 Å². The van der Waals surface area contributed by atoms with Crippen LogP contribution >= 0.6 is 21.2 Å². The molecular weight excluding hydrogens is 163 g/mol. The van der Waals surface area contributed by atoms with Gasteiger partial charge in [0.1, 0.15) is 0 Å². The molecule has 0 aromatic heterocycles. The lowest BCUT2D eigenvalue weighted by Gasteiger charge is -2.14. The molecule has 0 rings (SSSR count). The summed E-state index contributed by atoms with van der Waals surface area (Å²) in [6, 6.07) is 1.29.